The van der Waals surface area contributed by atoms with Crippen molar-refractivity contribution in [1.29, 1.82) is 5.26 Å². The Balaban J connectivity index is 2.71. The summed E-state index contributed by atoms with van der Waals surface area (Å²) in [7, 11) is 1.24. The highest BCUT2D eigenvalue weighted by Crippen LogP contribution is 2.06. The molecule has 1 N–H and O–H groups in total. The van der Waals surface area contributed by atoms with Crippen LogP contribution in [0.4, 0.5) is 5.82 Å². The summed E-state index contributed by atoms with van der Waals surface area (Å²) in [5.74, 6) is 0.0664. The largest absolute Gasteiger partial charge is 0.398 e. The summed E-state index contributed by atoms with van der Waals surface area (Å²) < 4.78 is 4.72. The van der Waals surface area contributed by atoms with Gasteiger partial charge in [-0.15, -0.1) is 0 Å². The molecule has 0 saturated carbocycles. The van der Waals surface area contributed by atoms with E-state index >= 15 is 0 Å². The lowest BCUT2D eigenvalue weighted by Crippen LogP contribution is -2.21. The van der Waals surface area contributed by atoms with Gasteiger partial charge in [-0.1, -0.05) is 10.3 Å². The molecule has 1 heterocycles. The number of amides is 1. The van der Waals surface area contributed by atoms with Crippen molar-refractivity contribution in [1.82, 2.24) is 5.16 Å². The van der Waals surface area contributed by atoms with E-state index in [4.69, 9.17) is 9.78 Å². The van der Waals surface area contributed by atoms with Crippen LogP contribution < -0.4 is 5.32 Å². The summed E-state index contributed by atoms with van der Waals surface area (Å²) in [6.45, 7) is 1.68. The van der Waals surface area contributed by atoms with Gasteiger partial charge in [0, 0.05) is 6.07 Å². The van der Waals surface area contributed by atoms with E-state index in [9.17, 15) is 4.79 Å². The van der Waals surface area contributed by atoms with E-state index in [2.05, 4.69) is 20.5 Å². The maximum Gasteiger partial charge on any atom is 0.289 e. The van der Waals surface area contributed by atoms with E-state index in [0.717, 1.165) is 0 Å². The van der Waals surface area contributed by atoms with Gasteiger partial charge in [0.25, 0.3) is 5.91 Å². The Bertz CT molecular complexity index is 429. The van der Waals surface area contributed by atoms with Crippen molar-refractivity contribution in [3.05, 3.63) is 11.8 Å². The van der Waals surface area contributed by atoms with E-state index < -0.39 is 11.6 Å². The number of aryl methyl sites for hydroxylation is 1. The first-order valence-corrected chi connectivity index (χ1v) is 3.93. The third-order valence-corrected chi connectivity index (χ3v) is 1.37. The second kappa shape index (κ2) is 4.76. The Labute approximate surface area is 85.3 Å². The Kier molecular flexibility index (Phi) is 3.40. The van der Waals surface area contributed by atoms with E-state index in [0.29, 0.717) is 5.76 Å². The van der Waals surface area contributed by atoms with Crippen LogP contribution in [0.3, 0.4) is 0 Å². The van der Waals surface area contributed by atoms with Gasteiger partial charge in [0.15, 0.2) is 5.82 Å². The lowest BCUT2D eigenvalue weighted by atomic mass is 10.4. The van der Waals surface area contributed by atoms with Gasteiger partial charge in [-0.25, -0.2) is 0 Å². The summed E-state index contributed by atoms with van der Waals surface area (Å²) in [5.41, 5.74) is -0.391. The number of carbonyl (C=O) groups is 1. The quantitative estimate of drug-likeness (QED) is 0.574. The molecule has 1 aromatic rings. The highest BCUT2D eigenvalue weighted by atomic mass is 16.6. The average molecular weight is 208 g/mol. The molecule has 0 spiro atoms. The first-order valence-electron chi connectivity index (χ1n) is 3.93. The minimum absolute atomic E-state index is 0.219. The number of hydrogen-bond donors (Lipinski definition) is 1. The van der Waals surface area contributed by atoms with Crippen molar-refractivity contribution in [2.75, 3.05) is 12.4 Å². The third kappa shape index (κ3) is 2.80. The van der Waals surface area contributed by atoms with Gasteiger partial charge in [0.05, 0.1) is 0 Å². The van der Waals surface area contributed by atoms with Gasteiger partial charge >= 0.3 is 0 Å². The lowest BCUT2D eigenvalue weighted by molar-refractivity contribution is -0.110. The number of hydrogen-bond acceptors (Lipinski definition) is 6. The molecule has 0 aliphatic carbocycles. The zero-order valence-corrected chi connectivity index (χ0v) is 8.14. The second-order valence-corrected chi connectivity index (χ2v) is 2.51. The number of carbonyl (C=O) groups excluding carboxylic acids is 1. The minimum atomic E-state index is -0.701. The molecule has 0 atom stereocenters. The summed E-state index contributed by atoms with van der Waals surface area (Å²) in [6, 6.07) is 3.10. The SMILES string of the molecule is CO/N=C(\C#N)C(=O)Nc1cc(C)on1. The Morgan fingerprint density at radius 2 is 2.53 bits per heavy atom. The molecule has 0 saturated heterocycles. The lowest BCUT2D eigenvalue weighted by Gasteiger charge is -1.96. The number of rotatable bonds is 3. The van der Waals surface area contributed by atoms with Crippen LogP contribution in [0.25, 0.3) is 0 Å². The van der Waals surface area contributed by atoms with Crippen LogP contribution in [0.1, 0.15) is 5.76 Å². The first kappa shape index (κ1) is 10.7. The topological polar surface area (TPSA) is 101 Å². The van der Waals surface area contributed by atoms with Gasteiger partial charge < -0.3 is 14.7 Å². The highest BCUT2D eigenvalue weighted by molar-refractivity contribution is 6.48. The molecule has 0 aliphatic rings. The van der Waals surface area contributed by atoms with Crippen LogP contribution in [0.15, 0.2) is 15.7 Å². The van der Waals surface area contributed by atoms with Gasteiger partial charge in [-0.3, -0.25) is 4.79 Å². The molecule has 0 aromatic carbocycles. The number of nitriles is 1. The molecule has 7 heteroatoms. The minimum Gasteiger partial charge on any atom is -0.398 e. The molecule has 78 valence electrons. The summed E-state index contributed by atoms with van der Waals surface area (Å²) in [6.07, 6.45) is 0. The van der Waals surface area contributed by atoms with Crippen molar-refractivity contribution in [2.45, 2.75) is 6.92 Å². The fourth-order valence-corrected chi connectivity index (χ4v) is 0.805. The normalized spacial score (nSPS) is 10.6. The van der Waals surface area contributed by atoms with Crippen LogP contribution in [0.5, 0.6) is 0 Å². The standard InChI is InChI=1S/C8H8N4O3/c1-5-3-7(12-15-5)10-8(13)6(4-9)11-14-2/h3H,1-2H3,(H,10,12,13)/b11-6+. The summed E-state index contributed by atoms with van der Waals surface area (Å²) in [4.78, 5) is 15.6. The molecule has 1 aromatic heterocycles. The smallest absolute Gasteiger partial charge is 0.289 e. The average Bonchev–Trinajstić information content (AvgIpc) is 2.60. The van der Waals surface area contributed by atoms with Crippen molar-refractivity contribution in [3.63, 3.8) is 0 Å². The number of anilines is 1. The van der Waals surface area contributed by atoms with Crippen LogP contribution in [-0.4, -0.2) is 23.9 Å². The third-order valence-electron chi connectivity index (χ3n) is 1.37. The van der Waals surface area contributed by atoms with Crippen molar-refractivity contribution >= 4 is 17.4 Å². The molecule has 0 bridgehead atoms. The molecule has 0 radical (unpaired) electrons. The summed E-state index contributed by atoms with van der Waals surface area (Å²) >= 11 is 0. The molecular formula is C8H8N4O3. The first-order chi connectivity index (χ1) is 7.17. The molecule has 1 rings (SSSR count). The number of aromatic nitrogens is 1. The van der Waals surface area contributed by atoms with Crippen molar-refractivity contribution in [3.8, 4) is 6.07 Å². The van der Waals surface area contributed by atoms with E-state index in [1.54, 1.807) is 13.0 Å². The Morgan fingerprint density at radius 3 is 3.00 bits per heavy atom. The predicted octanol–water partition coefficient (Wildman–Crippen LogP) is 0.447. The fourth-order valence-electron chi connectivity index (χ4n) is 0.805. The van der Waals surface area contributed by atoms with Gasteiger partial charge in [0.1, 0.15) is 18.9 Å². The van der Waals surface area contributed by atoms with E-state index in [1.165, 1.54) is 13.2 Å². The van der Waals surface area contributed by atoms with E-state index in [-0.39, 0.29) is 5.82 Å². The Morgan fingerprint density at radius 1 is 1.80 bits per heavy atom. The number of nitrogens with zero attached hydrogens (tertiary/aromatic N) is 3. The highest BCUT2D eigenvalue weighted by Gasteiger charge is 2.13. The maximum absolute atomic E-state index is 11.3. The maximum atomic E-state index is 11.3. The van der Waals surface area contributed by atoms with Gasteiger partial charge in [-0.2, -0.15) is 5.26 Å². The van der Waals surface area contributed by atoms with Crippen LogP contribution in [0.2, 0.25) is 0 Å². The number of oxime groups is 1. The molecule has 15 heavy (non-hydrogen) atoms. The molecule has 0 aliphatic heterocycles. The molecule has 7 nitrogen and oxygen atoms in total. The molecular weight excluding hydrogens is 200 g/mol. The van der Waals surface area contributed by atoms with Crippen LogP contribution >= 0.6 is 0 Å². The van der Waals surface area contributed by atoms with Gasteiger partial charge in [-0.05, 0) is 6.92 Å². The van der Waals surface area contributed by atoms with E-state index in [1.807, 2.05) is 0 Å². The van der Waals surface area contributed by atoms with Crippen molar-refractivity contribution in [2.24, 2.45) is 5.16 Å². The molecule has 0 fully saturated rings. The fraction of sp³-hybridized carbons (Fsp3) is 0.250. The van der Waals surface area contributed by atoms with Crippen LogP contribution in [-0.2, 0) is 9.63 Å². The zero-order chi connectivity index (χ0) is 11.3. The number of nitrogens with one attached hydrogen (secondary N) is 1. The Hall–Kier alpha value is -2.36. The molecule has 0 unspecified atom stereocenters. The zero-order valence-electron chi connectivity index (χ0n) is 8.14. The van der Waals surface area contributed by atoms with Gasteiger partial charge in [0.2, 0.25) is 5.71 Å². The predicted molar refractivity (Wildman–Crippen MR) is 49.9 cm³/mol. The van der Waals surface area contributed by atoms with Crippen LogP contribution in [0, 0.1) is 18.3 Å². The summed E-state index contributed by atoms with van der Waals surface area (Å²) in [5, 5.41) is 17.6. The van der Waals surface area contributed by atoms with Crippen molar-refractivity contribution < 1.29 is 14.2 Å². The monoisotopic (exact) mass is 208 g/mol. The molecule has 1 amide bonds. The second-order valence-electron chi connectivity index (χ2n) is 2.51.